The number of benzene rings is 1. The topological polar surface area (TPSA) is 76.5 Å². The molecule has 0 fully saturated rings. The van der Waals surface area contributed by atoms with Crippen LogP contribution in [0.25, 0.3) is 0 Å². The van der Waals surface area contributed by atoms with Crippen molar-refractivity contribution in [1.82, 2.24) is 15.4 Å². The SMILES string of the molecule is C=CCOc1ccc(/C=N/NC(=O)c2cnccn2)cc1. The second-order valence-electron chi connectivity index (χ2n) is 3.96. The summed E-state index contributed by atoms with van der Waals surface area (Å²) in [6.07, 6.45) is 7.52. The zero-order chi connectivity index (χ0) is 14.9. The Bertz CT molecular complexity index is 624. The largest absolute Gasteiger partial charge is 0.490 e. The van der Waals surface area contributed by atoms with Crippen LogP contribution in [0, 0.1) is 0 Å². The van der Waals surface area contributed by atoms with E-state index in [4.69, 9.17) is 4.74 Å². The molecule has 6 heteroatoms. The van der Waals surface area contributed by atoms with Crippen molar-refractivity contribution in [1.29, 1.82) is 0 Å². The molecule has 0 radical (unpaired) electrons. The molecular formula is C15H14N4O2. The second-order valence-corrected chi connectivity index (χ2v) is 3.96. The standard InChI is InChI=1S/C15H14N4O2/c1-2-9-21-13-5-3-12(4-6-13)10-18-19-15(20)14-11-16-7-8-17-14/h2-8,10-11H,1,9H2,(H,19,20)/b18-10+. The minimum Gasteiger partial charge on any atom is -0.490 e. The summed E-state index contributed by atoms with van der Waals surface area (Å²) < 4.78 is 5.36. The molecule has 0 unspecified atom stereocenters. The van der Waals surface area contributed by atoms with Gasteiger partial charge in [-0.3, -0.25) is 9.78 Å². The van der Waals surface area contributed by atoms with Gasteiger partial charge in [-0.15, -0.1) is 0 Å². The zero-order valence-corrected chi connectivity index (χ0v) is 11.3. The van der Waals surface area contributed by atoms with Gasteiger partial charge in [-0.25, -0.2) is 10.4 Å². The molecule has 0 atom stereocenters. The van der Waals surface area contributed by atoms with Gasteiger partial charge >= 0.3 is 0 Å². The maximum atomic E-state index is 11.7. The van der Waals surface area contributed by atoms with Crippen molar-refractivity contribution < 1.29 is 9.53 Å². The molecule has 2 aromatic rings. The summed E-state index contributed by atoms with van der Waals surface area (Å²) in [6.45, 7) is 4.04. The number of hydrogen-bond acceptors (Lipinski definition) is 5. The molecule has 21 heavy (non-hydrogen) atoms. The van der Waals surface area contributed by atoms with Crippen LogP contribution in [0.2, 0.25) is 0 Å². The van der Waals surface area contributed by atoms with E-state index in [1.807, 2.05) is 24.3 Å². The van der Waals surface area contributed by atoms with E-state index in [0.29, 0.717) is 6.61 Å². The van der Waals surface area contributed by atoms with Gasteiger partial charge in [0.2, 0.25) is 0 Å². The molecule has 1 aromatic heterocycles. The van der Waals surface area contributed by atoms with E-state index in [1.54, 1.807) is 6.08 Å². The lowest BCUT2D eigenvalue weighted by molar-refractivity contribution is 0.0949. The molecule has 2 rings (SSSR count). The smallest absolute Gasteiger partial charge is 0.291 e. The summed E-state index contributed by atoms with van der Waals surface area (Å²) in [5.41, 5.74) is 3.42. The van der Waals surface area contributed by atoms with E-state index in [9.17, 15) is 4.79 Å². The Labute approximate surface area is 122 Å². The van der Waals surface area contributed by atoms with Crippen molar-refractivity contribution in [2.24, 2.45) is 5.10 Å². The zero-order valence-electron chi connectivity index (χ0n) is 11.3. The first-order valence-electron chi connectivity index (χ1n) is 6.23. The van der Waals surface area contributed by atoms with Gasteiger partial charge in [0, 0.05) is 12.4 Å². The fraction of sp³-hybridized carbons (Fsp3) is 0.0667. The molecule has 1 N–H and O–H groups in total. The van der Waals surface area contributed by atoms with Crippen LogP contribution in [0.4, 0.5) is 0 Å². The van der Waals surface area contributed by atoms with Gasteiger partial charge < -0.3 is 4.74 Å². The minimum absolute atomic E-state index is 0.211. The maximum absolute atomic E-state index is 11.7. The first kappa shape index (κ1) is 14.4. The van der Waals surface area contributed by atoms with Gasteiger partial charge in [0.1, 0.15) is 18.1 Å². The van der Waals surface area contributed by atoms with Crippen molar-refractivity contribution in [2.75, 3.05) is 6.61 Å². The predicted octanol–water partition coefficient (Wildman–Crippen LogP) is 1.81. The summed E-state index contributed by atoms with van der Waals surface area (Å²) >= 11 is 0. The Kier molecular flexibility index (Phi) is 5.17. The third kappa shape index (κ3) is 4.54. The number of hydrogen-bond donors (Lipinski definition) is 1. The number of carbonyl (C=O) groups is 1. The van der Waals surface area contributed by atoms with Crippen LogP contribution < -0.4 is 10.2 Å². The van der Waals surface area contributed by atoms with E-state index in [0.717, 1.165) is 11.3 Å². The van der Waals surface area contributed by atoms with Gasteiger partial charge in [0.25, 0.3) is 5.91 Å². The molecule has 0 aliphatic rings. The Morgan fingerprint density at radius 2 is 2.14 bits per heavy atom. The number of nitrogens with one attached hydrogen (secondary N) is 1. The predicted molar refractivity (Wildman–Crippen MR) is 79.2 cm³/mol. The van der Waals surface area contributed by atoms with Crippen LogP contribution in [0.1, 0.15) is 16.1 Å². The number of aromatic nitrogens is 2. The lowest BCUT2D eigenvalue weighted by Crippen LogP contribution is -2.19. The fourth-order valence-electron chi connectivity index (χ4n) is 1.44. The molecular weight excluding hydrogens is 268 g/mol. The van der Waals surface area contributed by atoms with E-state index in [1.165, 1.54) is 24.8 Å². The number of amides is 1. The average Bonchev–Trinajstić information content (AvgIpc) is 2.55. The Morgan fingerprint density at radius 3 is 2.81 bits per heavy atom. The Morgan fingerprint density at radius 1 is 1.33 bits per heavy atom. The number of rotatable bonds is 6. The molecule has 0 bridgehead atoms. The van der Waals surface area contributed by atoms with Crippen molar-refractivity contribution >= 4 is 12.1 Å². The van der Waals surface area contributed by atoms with Crippen molar-refractivity contribution in [2.45, 2.75) is 0 Å². The van der Waals surface area contributed by atoms with E-state index in [2.05, 4.69) is 27.1 Å². The van der Waals surface area contributed by atoms with Crippen LogP contribution in [0.3, 0.4) is 0 Å². The number of ether oxygens (including phenoxy) is 1. The lowest BCUT2D eigenvalue weighted by Gasteiger charge is -2.02. The summed E-state index contributed by atoms with van der Waals surface area (Å²) in [5, 5.41) is 3.86. The van der Waals surface area contributed by atoms with Crippen molar-refractivity contribution in [3.63, 3.8) is 0 Å². The summed E-state index contributed by atoms with van der Waals surface area (Å²) in [5.74, 6) is 0.334. The van der Waals surface area contributed by atoms with Crippen LogP contribution in [0.15, 0.2) is 60.6 Å². The Balaban J connectivity index is 1.89. The maximum Gasteiger partial charge on any atom is 0.291 e. The van der Waals surface area contributed by atoms with Crippen LogP contribution in [0.5, 0.6) is 5.75 Å². The van der Waals surface area contributed by atoms with Crippen LogP contribution in [-0.4, -0.2) is 28.7 Å². The molecule has 1 amide bonds. The van der Waals surface area contributed by atoms with E-state index < -0.39 is 5.91 Å². The highest BCUT2D eigenvalue weighted by Gasteiger charge is 2.04. The quantitative estimate of drug-likeness (QED) is 0.498. The molecule has 0 saturated carbocycles. The van der Waals surface area contributed by atoms with Crippen molar-refractivity contribution in [3.8, 4) is 5.75 Å². The Hall–Kier alpha value is -3.02. The first-order valence-corrected chi connectivity index (χ1v) is 6.23. The molecule has 1 aromatic carbocycles. The number of nitrogens with zero attached hydrogens (tertiary/aromatic N) is 3. The van der Waals surface area contributed by atoms with Gasteiger partial charge in [-0.05, 0) is 29.8 Å². The second kappa shape index (κ2) is 7.54. The fourth-order valence-corrected chi connectivity index (χ4v) is 1.44. The molecule has 6 nitrogen and oxygen atoms in total. The van der Waals surface area contributed by atoms with Crippen molar-refractivity contribution in [3.05, 3.63) is 66.8 Å². The normalized spacial score (nSPS) is 10.3. The molecule has 0 saturated heterocycles. The number of carbonyl (C=O) groups excluding carboxylic acids is 1. The van der Waals surface area contributed by atoms with Gasteiger partial charge in [0.05, 0.1) is 12.4 Å². The highest BCUT2D eigenvalue weighted by Crippen LogP contribution is 2.10. The van der Waals surface area contributed by atoms with Crippen LogP contribution in [-0.2, 0) is 0 Å². The van der Waals surface area contributed by atoms with Gasteiger partial charge in [-0.1, -0.05) is 12.7 Å². The first-order chi connectivity index (χ1) is 10.3. The molecule has 0 spiro atoms. The number of hydrazone groups is 1. The van der Waals surface area contributed by atoms with Gasteiger partial charge in [0.15, 0.2) is 0 Å². The van der Waals surface area contributed by atoms with Crippen LogP contribution >= 0.6 is 0 Å². The molecule has 106 valence electrons. The highest BCUT2D eigenvalue weighted by molar-refractivity contribution is 5.92. The monoisotopic (exact) mass is 282 g/mol. The van der Waals surface area contributed by atoms with Gasteiger partial charge in [-0.2, -0.15) is 5.10 Å². The van der Waals surface area contributed by atoms with E-state index >= 15 is 0 Å². The summed E-state index contributed by atoms with van der Waals surface area (Å²) in [6, 6.07) is 7.29. The lowest BCUT2D eigenvalue weighted by atomic mass is 10.2. The third-order valence-corrected chi connectivity index (χ3v) is 2.42. The summed E-state index contributed by atoms with van der Waals surface area (Å²) in [7, 11) is 0. The molecule has 1 heterocycles. The average molecular weight is 282 g/mol. The molecule has 0 aliphatic carbocycles. The molecule has 0 aliphatic heterocycles. The van der Waals surface area contributed by atoms with E-state index in [-0.39, 0.29) is 5.69 Å². The third-order valence-electron chi connectivity index (χ3n) is 2.42. The highest BCUT2D eigenvalue weighted by atomic mass is 16.5. The summed E-state index contributed by atoms with van der Waals surface area (Å²) in [4.78, 5) is 19.3. The minimum atomic E-state index is -0.412.